The van der Waals surface area contributed by atoms with Gasteiger partial charge in [0, 0.05) is 5.33 Å². The minimum absolute atomic E-state index is 0.686. The van der Waals surface area contributed by atoms with Gasteiger partial charge in [0.15, 0.2) is 0 Å². The third-order valence-corrected chi connectivity index (χ3v) is 2.56. The Morgan fingerprint density at radius 1 is 1.46 bits per heavy atom. The van der Waals surface area contributed by atoms with Crippen molar-refractivity contribution in [2.45, 2.75) is 18.7 Å². The molecule has 0 saturated heterocycles. The minimum Gasteiger partial charge on any atom is -0.492 e. The molecule has 1 aromatic rings. The SMILES string of the molecule is CCCOc1ccc(CBr)cc1Cl. The fourth-order valence-electron chi connectivity index (χ4n) is 0.957. The van der Waals surface area contributed by atoms with Gasteiger partial charge in [-0.15, -0.1) is 0 Å². The zero-order chi connectivity index (χ0) is 9.68. The highest BCUT2D eigenvalue weighted by molar-refractivity contribution is 9.08. The molecule has 0 aromatic heterocycles. The largest absolute Gasteiger partial charge is 0.492 e. The molecule has 0 radical (unpaired) electrons. The lowest BCUT2D eigenvalue weighted by Gasteiger charge is -2.07. The molecule has 0 saturated carbocycles. The standard InChI is InChI=1S/C10H12BrClO/c1-2-5-13-10-4-3-8(7-11)6-9(10)12/h3-4,6H,2,5,7H2,1H3. The van der Waals surface area contributed by atoms with E-state index in [1.807, 2.05) is 18.2 Å². The van der Waals surface area contributed by atoms with Gasteiger partial charge in [0.25, 0.3) is 0 Å². The molecule has 0 heterocycles. The van der Waals surface area contributed by atoms with Crippen molar-refractivity contribution >= 4 is 27.5 Å². The van der Waals surface area contributed by atoms with E-state index in [0.717, 1.165) is 23.1 Å². The van der Waals surface area contributed by atoms with Crippen molar-refractivity contribution in [1.82, 2.24) is 0 Å². The molecule has 0 N–H and O–H groups in total. The maximum atomic E-state index is 6.00. The smallest absolute Gasteiger partial charge is 0.137 e. The van der Waals surface area contributed by atoms with Crippen molar-refractivity contribution in [1.29, 1.82) is 0 Å². The highest BCUT2D eigenvalue weighted by atomic mass is 79.9. The van der Waals surface area contributed by atoms with E-state index in [1.165, 1.54) is 0 Å². The summed E-state index contributed by atoms with van der Waals surface area (Å²) in [5, 5.41) is 1.51. The highest BCUT2D eigenvalue weighted by Crippen LogP contribution is 2.26. The number of alkyl halides is 1. The minimum atomic E-state index is 0.686. The number of rotatable bonds is 4. The van der Waals surface area contributed by atoms with E-state index >= 15 is 0 Å². The Kier molecular flexibility index (Phi) is 4.60. The van der Waals surface area contributed by atoms with Crippen molar-refractivity contribution in [3.63, 3.8) is 0 Å². The molecular formula is C10H12BrClO. The molecule has 0 aliphatic carbocycles. The Balaban J connectivity index is 2.73. The first-order chi connectivity index (χ1) is 6.27. The summed E-state index contributed by atoms with van der Waals surface area (Å²) in [5.74, 6) is 0.771. The molecule has 3 heteroatoms. The van der Waals surface area contributed by atoms with Crippen LogP contribution in [0.15, 0.2) is 18.2 Å². The number of hydrogen-bond acceptors (Lipinski definition) is 1. The average Bonchev–Trinajstić information content (AvgIpc) is 2.16. The Hall–Kier alpha value is -0.210. The van der Waals surface area contributed by atoms with Crippen LogP contribution in [-0.2, 0) is 5.33 Å². The summed E-state index contributed by atoms with van der Waals surface area (Å²) >= 11 is 9.37. The third-order valence-electron chi connectivity index (χ3n) is 1.61. The van der Waals surface area contributed by atoms with Gasteiger partial charge in [-0.3, -0.25) is 0 Å². The summed E-state index contributed by atoms with van der Waals surface area (Å²) < 4.78 is 5.44. The topological polar surface area (TPSA) is 9.23 Å². The van der Waals surface area contributed by atoms with Crippen LogP contribution < -0.4 is 4.74 Å². The molecule has 13 heavy (non-hydrogen) atoms. The van der Waals surface area contributed by atoms with Gasteiger partial charge >= 0.3 is 0 Å². The lowest BCUT2D eigenvalue weighted by Crippen LogP contribution is -1.95. The zero-order valence-corrected chi connectivity index (χ0v) is 9.86. The Morgan fingerprint density at radius 3 is 2.77 bits per heavy atom. The summed E-state index contributed by atoms with van der Waals surface area (Å²) in [6.07, 6.45) is 0.997. The lowest BCUT2D eigenvalue weighted by molar-refractivity contribution is 0.317. The van der Waals surface area contributed by atoms with Gasteiger partial charge in [-0.2, -0.15) is 0 Å². The zero-order valence-electron chi connectivity index (χ0n) is 7.52. The molecule has 0 atom stereocenters. The van der Waals surface area contributed by atoms with Gasteiger partial charge in [0.2, 0.25) is 0 Å². The summed E-state index contributed by atoms with van der Waals surface area (Å²) in [7, 11) is 0. The molecular weight excluding hydrogens is 251 g/mol. The first kappa shape index (κ1) is 10.9. The molecule has 0 aliphatic rings. The maximum absolute atomic E-state index is 6.00. The molecule has 0 amide bonds. The first-order valence-electron chi connectivity index (χ1n) is 4.25. The van der Waals surface area contributed by atoms with Crippen LogP contribution in [0.5, 0.6) is 5.75 Å². The predicted molar refractivity (Wildman–Crippen MR) is 59.9 cm³/mol. The van der Waals surface area contributed by atoms with Crippen LogP contribution in [0.4, 0.5) is 0 Å². The molecule has 0 aliphatic heterocycles. The van der Waals surface area contributed by atoms with Gasteiger partial charge in [0.05, 0.1) is 11.6 Å². The average molecular weight is 264 g/mol. The van der Waals surface area contributed by atoms with Crippen LogP contribution in [-0.4, -0.2) is 6.61 Å². The lowest BCUT2D eigenvalue weighted by atomic mass is 10.2. The van der Waals surface area contributed by atoms with E-state index < -0.39 is 0 Å². The van der Waals surface area contributed by atoms with Gasteiger partial charge in [-0.25, -0.2) is 0 Å². The number of halogens is 2. The Labute approximate surface area is 92.2 Å². The van der Waals surface area contributed by atoms with Crippen molar-refractivity contribution in [3.05, 3.63) is 28.8 Å². The molecule has 0 fully saturated rings. The van der Waals surface area contributed by atoms with Crippen LogP contribution in [0.3, 0.4) is 0 Å². The van der Waals surface area contributed by atoms with E-state index in [1.54, 1.807) is 0 Å². The molecule has 72 valence electrons. The third kappa shape index (κ3) is 3.20. The van der Waals surface area contributed by atoms with Gasteiger partial charge in [-0.1, -0.05) is 40.5 Å². The molecule has 1 rings (SSSR count). The Morgan fingerprint density at radius 2 is 2.23 bits per heavy atom. The second kappa shape index (κ2) is 5.51. The number of ether oxygens (including phenoxy) is 1. The molecule has 0 spiro atoms. The number of benzene rings is 1. The van der Waals surface area contributed by atoms with Crippen LogP contribution in [0.25, 0.3) is 0 Å². The first-order valence-corrected chi connectivity index (χ1v) is 5.75. The molecule has 1 aromatic carbocycles. The second-order valence-electron chi connectivity index (χ2n) is 2.75. The molecule has 0 unspecified atom stereocenters. The predicted octanol–water partition coefficient (Wildman–Crippen LogP) is 4.02. The fraction of sp³-hybridized carbons (Fsp3) is 0.400. The summed E-state index contributed by atoms with van der Waals surface area (Å²) in [4.78, 5) is 0. The number of hydrogen-bond donors (Lipinski definition) is 0. The molecule has 0 bridgehead atoms. The van der Waals surface area contributed by atoms with Crippen LogP contribution in [0.2, 0.25) is 5.02 Å². The van der Waals surface area contributed by atoms with E-state index in [-0.39, 0.29) is 0 Å². The van der Waals surface area contributed by atoms with Gasteiger partial charge in [-0.05, 0) is 24.1 Å². The van der Waals surface area contributed by atoms with Crippen LogP contribution in [0.1, 0.15) is 18.9 Å². The van der Waals surface area contributed by atoms with E-state index in [2.05, 4.69) is 22.9 Å². The fourth-order valence-corrected chi connectivity index (χ4v) is 1.56. The summed E-state index contributed by atoms with van der Waals surface area (Å²) in [5.41, 5.74) is 1.16. The van der Waals surface area contributed by atoms with Gasteiger partial charge in [0.1, 0.15) is 5.75 Å². The van der Waals surface area contributed by atoms with Crippen molar-refractivity contribution in [2.75, 3.05) is 6.61 Å². The quantitative estimate of drug-likeness (QED) is 0.746. The summed E-state index contributed by atoms with van der Waals surface area (Å²) in [6.45, 7) is 2.79. The summed E-state index contributed by atoms with van der Waals surface area (Å²) in [6, 6.07) is 5.83. The normalized spacial score (nSPS) is 10.1. The van der Waals surface area contributed by atoms with E-state index in [0.29, 0.717) is 11.6 Å². The van der Waals surface area contributed by atoms with Crippen molar-refractivity contribution in [2.24, 2.45) is 0 Å². The maximum Gasteiger partial charge on any atom is 0.137 e. The highest BCUT2D eigenvalue weighted by Gasteiger charge is 2.01. The molecule has 1 nitrogen and oxygen atoms in total. The second-order valence-corrected chi connectivity index (χ2v) is 3.71. The Bertz CT molecular complexity index is 276. The van der Waals surface area contributed by atoms with Crippen LogP contribution in [0, 0.1) is 0 Å². The van der Waals surface area contributed by atoms with Crippen molar-refractivity contribution in [3.8, 4) is 5.75 Å². The monoisotopic (exact) mass is 262 g/mol. The van der Waals surface area contributed by atoms with Crippen molar-refractivity contribution < 1.29 is 4.74 Å². The van der Waals surface area contributed by atoms with E-state index in [4.69, 9.17) is 16.3 Å². The van der Waals surface area contributed by atoms with E-state index in [9.17, 15) is 0 Å². The van der Waals surface area contributed by atoms with Gasteiger partial charge < -0.3 is 4.74 Å². The van der Waals surface area contributed by atoms with Crippen LogP contribution >= 0.6 is 27.5 Å².